The summed E-state index contributed by atoms with van der Waals surface area (Å²) in [5, 5.41) is 6.81. The molecule has 0 saturated carbocycles. The monoisotopic (exact) mass is 492 g/mol. The molecule has 1 aromatic carbocycles. The van der Waals surface area contributed by atoms with E-state index in [1.807, 2.05) is 6.07 Å². The quantitative estimate of drug-likeness (QED) is 0.254. The predicted octanol–water partition coefficient (Wildman–Crippen LogP) is 2.90. The number of nitrogens with zero attached hydrogens (tertiary/aromatic N) is 2. The normalized spacial score (nSPS) is 16.7. The third-order valence-corrected chi connectivity index (χ3v) is 4.81. The van der Waals surface area contributed by atoms with E-state index < -0.39 is 0 Å². The molecule has 27 heavy (non-hydrogen) atoms. The third kappa shape index (κ3) is 8.74. The molecule has 1 saturated heterocycles. The van der Waals surface area contributed by atoms with Crippen molar-refractivity contribution in [3.63, 3.8) is 0 Å². The first-order chi connectivity index (χ1) is 12.6. The van der Waals surface area contributed by atoms with Crippen molar-refractivity contribution in [3.8, 4) is 0 Å². The SMILES string of the molecule is CN=C(NCCCc1cccc(F)c1)NCC(C(C)C)N1CCOCC1.I. The van der Waals surface area contributed by atoms with E-state index in [4.69, 9.17) is 4.74 Å². The molecule has 1 atom stereocenters. The maximum Gasteiger partial charge on any atom is 0.191 e. The molecular formula is C20H34FIN4O. The largest absolute Gasteiger partial charge is 0.379 e. The summed E-state index contributed by atoms with van der Waals surface area (Å²) in [5.41, 5.74) is 1.03. The van der Waals surface area contributed by atoms with Crippen molar-refractivity contribution in [1.29, 1.82) is 0 Å². The summed E-state index contributed by atoms with van der Waals surface area (Å²) in [6, 6.07) is 7.27. The molecule has 154 valence electrons. The molecular weight excluding hydrogens is 458 g/mol. The smallest absolute Gasteiger partial charge is 0.191 e. The molecule has 0 radical (unpaired) electrons. The van der Waals surface area contributed by atoms with Gasteiger partial charge < -0.3 is 15.4 Å². The van der Waals surface area contributed by atoms with Crippen molar-refractivity contribution in [3.05, 3.63) is 35.6 Å². The van der Waals surface area contributed by atoms with Crippen LogP contribution in [-0.4, -0.2) is 63.3 Å². The highest BCUT2D eigenvalue weighted by Crippen LogP contribution is 2.12. The van der Waals surface area contributed by atoms with E-state index in [0.717, 1.165) is 63.8 Å². The molecule has 0 spiro atoms. The summed E-state index contributed by atoms with van der Waals surface area (Å²) in [6.07, 6.45) is 1.78. The Bertz CT molecular complexity index is 565. The maximum absolute atomic E-state index is 13.2. The molecule has 0 bridgehead atoms. The van der Waals surface area contributed by atoms with Gasteiger partial charge in [-0.15, -0.1) is 24.0 Å². The lowest BCUT2D eigenvalue weighted by Gasteiger charge is -2.37. The van der Waals surface area contributed by atoms with Crippen LogP contribution < -0.4 is 10.6 Å². The van der Waals surface area contributed by atoms with Gasteiger partial charge in [-0.1, -0.05) is 26.0 Å². The summed E-state index contributed by atoms with van der Waals surface area (Å²) in [7, 11) is 1.79. The number of hydrogen-bond acceptors (Lipinski definition) is 3. The van der Waals surface area contributed by atoms with Crippen LogP contribution in [0.15, 0.2) is 29.3 Å². The van der Waals surface area contributed by atoms with Gasteiger partial charge in [0.2, 0.25) is 0 Å². The van der Waals surface area contributed by atoms with Crippen molar-refractivity contribution in [2.45, 2.75) is 32.7 Å². The minimum Gasteiger partial charge on any atom is -0.379 e. The molecule has 7 heteroatoms. The van der Waals surface area contributed by atoms with Gasteiger partial charge in [-0.2, -0.15) is 0 Å². The third-order valence-electron chi connectivity index (χ3n) is 4.81. The van der Waals surface area contributed by atoms with E-state index >= 15 is 0 Å². The Morgan fingerprint density at radius 2 is 2.00 bits per heavy atom. The molecule has 0 amide bonds. The number of rotatable bonds is 8. The zero-order valence-corrected chi connectivity index (χ0v) is 19.0. The van der Waals surface area contributed by atoms with Gasteiger partial charge in [-0.05, 0) is 36.5 Å². The minimum atomic E-state index is -0.171. The molecule has 0 aromatic heterocycles. The lowest BCUT2D eigenvalue weighted by molar-refractivity contribution is 0.00752. The van der Waals surface area contributed by atoms with Gasteiger partial charge in [0.25, 0.3) is 0 Å². The zero-order chi connectivity index (χ0) is 18.8. The highest BCUT2D eigenvalue weighted by atomic mass is 127. The lowest BCUT2D eigenvalue weighted by atomic mass is 10.0. The van der Waals surface area contributed by atoms with Crippen molar-refractivity contribution in [2.75, 3.05) is 46.4 Å². The number of guanidine groups is 1. The standard InChI is InChI=1S/C20H33FN4O.HI/c1-16(2)19(25-10-12-26-13-11-25)15-24-20(22-3)23-9-5-7-17-6-4-8-18(21)14-17;/h4,6,8,14,16,19H,5,7,9-13,15H2,1-3H3,(H2,22,23,24);1H. The highest BCUT2D eigenvalue weighted by molar-refractivity contribution is 14.0. The molecule has 0 aliphatic carbocycles. The number of ether oxygens (including phenoxy) is 1. The molecule has 1 aliphatic rings. The number of morpholine rings is 1. The molecule has 2 rings (SSSR count). The fraction of sp³-hybridized carbons (Fsp3) is 0.650. The van der Waals surface area contributed by atoms with E-state index in [1.165, 1.54) is 6.07 Å². The Hall–Kier alpha value is -0.930. The van der Waals surface area contributed by atoms with Gasteiger partial charge in [0, 0.05) is 39.3 Å². The number of nitrogens with one attached hydrogen (secondary N) is 2. The molecule has 1 aromatic rings. The number of benzene rings is 1. The van der Waals surface area contributed by atoms with Gasteiger partial charge in [0.15, 0.2) is 5.96 Å². The first-order valence-electron chi connectivity index (χ1n) is 9.61. The molecule has 2 N–H and O–H groups in total. The van der Waals surface area contributed by atoms with Crippen molar-refractivity contribution in [1.82, 2.24) is 15.5 Å². The zero-order valence-electron chi connectivity index (χ0n) is 16.7. The van der Waals surface area contributed by atoms with Crippen LogP contribution in [0.25, 0.3) is 0 Å². The second-order valence-electron chi connectivity index (χ2n) is 7.07. The van der Waals surface area contributed by atoms with Crippen LogP contribution in [0.2, 0.25) is 0 Å². The molecule has 1 unspecified atom stereocenters. The fourth-order valence-electron chi connectivity index (χ4n) is 3.31. The second-order valence-corrected chi connectivity index (χ2v) is 7.07. The second kappa shape index (κ2) is 13.3. The first kappa shape index (κ1) is 24.1. The molecule has 1 fully saturated rings. The molecule has 1 heterocycles. The van der Waals surface area contributed by atoms with Crippen LogP contribution in [0.5, 0.6) is 0 Å². The van der Waals surface area contributed by atoms with Crippen molar-refractivity contribution < 1.29 is 9.13 Å². The summed E-state index contributed by atoms with van der Waals surface area (Å²) in [5.74, 6) is 1.21. The van der Waals surface area contributed by atoms with E-state index in [9.17, 15) is 4.39 Å². The van der Waals surface area contributed by atoms with Crippen molar-refractivity contribution >= 4 is 29.9 Å². The van der Waals surface area contributed by atoms with Gasteiger partial charge in [0.05, 0.1) is 13.2 Å². The molecule has 5 nitrogen and oxygen atoms in total. The van der Waals surface area contributed by atoms with Gasteiger partial charge in [-0.3, -0.25) is 9.89 Å². The van der Waals surface area contributed by atoms with E-state index in [0.29, 0.717) is 12.0 Å². The van der Waals surface area contributed by atoms with Crippen LogP contribution in [0.4, 0.5) is 4.39 Å². The average Bonchev–Trinajstić information content (AvgIpc) is 2.64. The van der Waals surface area contributed by atoms with E-state index in [2.05, 4.69) is 34.4 Å². The Morgan fingerprint density at radius 1 is 1.26 bits per heavy atom. The van der Waals surface area contributed by atoms with E-state index in [-0.39, 0.29) is 29.8 Å². The lowest BCUT2D eigenvalue weighted by Crippen LogP contribution is -2.52. The topological polar surface area (TPSA) is 48.9 Å². The predicted molar refractivity (Wildman–Crippen MR) is 121 cm³/mol. The Balaban J connectivity index is 0.00000364. The summed E-state index contributed by atoms with van der Waals surface area (Å²) in [6.45, 7) is 9.80. The Morgan fingerprint density at radius 3 is 2.63 bits per heavy atom. The summed E-state index contributed by atoms with van der Waals surface area (Å²) < 4.78 is 18.7. The fourth-order valence-corrected chi connectivity index (χ4v) is 3.31. The Kier molecular flexibility index (Phi) is 11.9. The summed E-state index contributed by atoms with van der Waals surface area (Å²) >= 11 is 0. The van der Waals surface area contributed by atoms with Crippen molar-refractivity contribution in [2.24, 2.45) is 10.9 Å². The minimum absolute atomic E-state index is 0. The van der Waals surface area contributed by atoms with E-state index in [1.54, 1.807) is 19.2 Å². The number of halogens is 2. The van der Waals surface area contributed by atoms with Gasteiger partial charge in [0.1, 0.15) is 5.82 Å². The number of aryl methyl sites for hydroxylation is 1. The average molecular weight is 492 g/mol. The number of aliphatic imine (C=N–C) groups is 1. The van der Waals surface area contributed by atoms with Crippen LogP contribution in [0, 0.1) is 11.7 Å². The number of hydrogen-bond donors (Lipinski definition) is 2. The molecule has 1 aliphatic heterocycles. The van der Waals surface area contributed by atoms with Gasteiger partial charge in [-0.25, -0.2) is 4.39 Å². The Labute approximate surface area is 180 Å². The first-order valence-corrected chi connectivity index (χ1v) is 9.61. The van der Waals surface area contributed by atoms with Crippen LogP contribution in [-0.2, 0) is 11.2 Å². The van der Waals surface area contributed by atoms with Crippen LogP contribution in [0.3, 0.4) is 0 Å². The summed E-state index contributed by atoms with van der Waals surface area (Å²) in [4.78, 5) is 6.81. The van der Waals surface area contributed by atoms with Crippen LogP contribution >= 0.6 is 24.0 Å². The van der Waals surface area contributed by atoms with Gasteiger partial charge >= 0.3 is 0 Å². The maximum atomic E-state index is 13.2. The van der Waals surface area contributed by atoms with Crippen LogP contribution in [0.1, 0.15) is 25.8 Å². The highest BCUT2D eigenvalue weighted by Gasteiger charge is 2.23.